The molecule has 0 aliphatic heterocycles. The van der Waals surface area contributed by atoms with Gasteiger partial charge in [0.05, 0.1) is 5.39 Å². The molecule has 2 heterocycles. The highest BCUT2D eigenvalue weighted by molar-refractivity contribution is 6.22. The van der Waals surface area contributed by atoms with Crippen LogP contribution in [0.15, 0.2) is 42.9 Å². The molecule has 0 unspecified atom stereocenters. The molecule has 1 aromatic carbocycles. The Bertz CT molecular complexity index is 1470. The fourth-order valence-electron chi connectivity index (χ4n) is 2.89. The number of alkyl halides is 14. The molecule has 0 aliphatic rings. The van der Waals surface area contributed by atoms with Gasteiger partial charge in [0.15, 0.2) is 16.8 Å². The van der Waals surface area contributed by atoms with E-state index in [2.05, 4.69) is 32.0 Å². The molecule has 0 saturated heterocycles. The molecule has 0 saturated carbocycles. The monoisotopic (exact) mass is 582 g/mol. The molecule has 4 nitrogen and oxygen atoms in total. The van der Waals surface area contributed by atoms with E-state index in [0.717, 1.165) is 0 Å². The van der Waals surface area contributed by atoms with Crippen molar-refractivity contribution in [2.75, 3.05) is 0 Å². The van der Waals surface area contributed by atoms with Crippen LogP contribution in [0, 0.1) is 0 Å². The number of hydrogen-bond donors (Lipinski definition) is 0. The molecule has 0 aliphatic carbocycles. The molecule has 2 aromatic heterocycles. The first kappa shape index (κ1) is 28.0. The van der Waals surface area contributed by atoms with Crippen LogP contribution < -0.4 is 10.9 Å². The lowest BCUT2D eigenvalue weighted by atomic mass is 10.0. The number of halogens is 14. The van der Waals surface area contributed by atoms with E-state index in [0.29, 0.717) is 12.1 Å². The van der Waals surface area contributed by atoms with Crippen molar-refractivity contribution in [1.82, 2.24) is 0 Å². The maximum Gasteiger partial charge on any atom is 0.394 e. The second-order valence-corrected chi connectivity index (χ2v) is 8.01. The fraction of sp³-hybridized carbons (Fsp3) is 0.333. The first-order valence-corrected chi connectivity index (χ1v) is 9.43. The first-order valence-electron chi connectivity index (χ1n) is 8.68. The van der Waals surface area contributed by atoms with Gasteiger partial charge in [-0.3, -0.25) is 9.59 Å². The van der Waals surface area contributed by atoms with Gasteiger partial charge in [-0.2, -0.15) is 52.7 Å². The Morgan fingerprint density at radius 1 is 0.722 bits per heavy atom. The molecule has 0 amide bonds. The summed E-state index contributed by atoms with van der Waals surface area (Å²) in [6.45, 7) is 0. The quantitative estimate of drug-likeness (QED) is 0.178. The summed E-state index contributed by atoms with van der Waals surface area (Å²) in [6.07, 6.45) is -0.454. The molecule has 0 atom stereocenters. The van der Waals surface area contributed by atoms with E-state index in [1.165, 1.54) is 0 Å². The first-order chi connectivity index (χ1) is 16.0. The molecule has 0 radical (unpaired) electrons. The minimum absolute atomic E-state index is 0.333. The lowest BCUT2D eigenvalue weighted by Gasteiger charge is -2.28. The topological polar surface area (TPSA) is 60.4 Å². The van der Waals surface area contributed by atoms with Crippen LogP contribution in [-0.4, -0.2) is 22.6 Å². The van der Waals surface area contributed by atoms with Crippen LogP contribution in [0.2, 0.25) is 0 Å². The minimum atomic E-state index is -6.34. The highest BCUT2D eigenvalue weighted by atomic mass is 35.5. The van der Waals surface area contributed by atoms with Crippen molar-refractivity contribution in [1.29, 1.82) is 0 Å². The Labute approximate surface area is 198 Å². The van der Waals surface area contributed by atoms with Crippen LogP contribution in [0.3, 0.4) is 0 Å². The van der Waals surface area contributed by atoms with Crippen molar-refractivity contribution in [3.63, 3.8) is 0 Å². The average molecular weight is 583 g/mol. The minimum Gasteiger partial charge on any atom is -0.463 e. The maximum atomic E-state index is 14.1. The van der Waals surface area contributed by atoms with E-state index in [1.807, 2.05) is 0 Å². The summed E-state index contributed by atoms with van der Waals surface area (Å²) in [7, 11) is 0. The van der Waals surface area contributed by atoms with Crippen LogP contribution >= 0.6 is 23.2 Å². The Kier molecular flexibility index (Phi) is 6.16. The molecular formula is C18H4Cl2F12O4. The third kappa shape index (κ3) is 3.79. The van der Waals surface area contributed by atoms with Gasteiger partial charge in [0, 0.05) is 6.07 Å². The van der Waals surface area contributed by atoms with E-state index >= 15 is 0 Å². The SMILES string of the molecule is O=c1c(C(F)(F)C(F)(F)C(F)(F)Cl)coc2c1ccc1oc(C(F)(F)C(F)(F)C(F)(F)Cl)cc(=O)c12. The molecule has 0 N–H and O–H groups in total. The molecular weight excluding hydrogens is 579 g/mol. The van der Waals surface area contributed by atoms with E-state index in [1.54, 1.807) is 0 Å². The Morgan fingerprint density at radius 3 is 1.72 bits per heavy atom. The van der Waals surface area contributed by atoms with Gasteiger partial charge in [0.1, 0.15) is 22.8 Å². The van der Waals surface area contributed by atoms with Gasteiger partial charge >= 0.3 is 34.5 Å². The number of benzene rings is 1. The lowest BCUT2D eigenvalue weighted by Crippen LogP contribution is -2.51. The summed E-state index contributed by atoms with van der Waals surface area (Å²) in [5.41, 5.74) is -8.48. The second kappa shape index (κ2) is 7.94. The van der Waals surface area contributed by atoms with E-state index < -0.39 is 90.9 Å². The second-order valence-electron chi connectivity index (χ2n) is 7.06. The van der Waals surface area contributed by atoms with Crippen molar-refractivity contribution in [2.24, 2.45) is 0 Å². The molecule has 3 rings (SSSR count). The molecule has 0 bridgehead atoms. The van der Waals surface area contributed by atoms with Gasteiger partial charge in [-0.15, -0.1) is 0 Å². The Balaban J connectivity index is 2.29. The normalized spacial score (nSPS) is 14.6. The van der Waals surface area contributed by atoms with Crippen LogP contribution in [0.5, 0.6) is 0 Å². The number of rotatable bonds is 6. The summed E-state index contributed by atoms with van der Waals surface area (Å²) in [5.74, 6) is -26.8. The molecule has 36 heavy (non-hydrogen) atoms. The zero-order chi connectivity index (χ0) is 27.9. The van der Waals surface area contributed by atoms with Crippen LogP contribution in [0.25, 0.3) is 21.9 Å². The van der Waals surface area contributed by atoms with Crippen molar-refractivity contribution in [2.45, 2.75) is 34.5 Å². The van der Waals surface area contributed by atoms with E-state index in [9.17, 15) is 62.3 Å². The highest BCUT2D eigenvalue weighted by Crippen LogP contribution is 2.54. The van der Waals surface area contributed by atoms with Gasteiger partial charge in [-0.1, -0.05) is 0 Å². The third-order valence-electron chi connectivity index (χ3n) is 4.78. The van der Waals surface area contributed by atoms with Crippen LogP contribution in [-0.2, 0) is 11.8 Å². The summed E-state index contributed by atoms with van der Waals surface area (Å²) < 4.78 is 171. The van der Waals surface area contributed by atoms with Crippen LogP contribution in [0.4, 0.5) is 52.7 Å². The smallest absolute Gasteiger partial charge is 0.394 e. The average Bonchev–Trinajstić information content (AvgIpc) is 2.71. The molecule has 0 spiro atoms. The molecule has 198 valence electrons. The largest absolute Gasteiger partial charge is 0.463 e. The van der Waals surface area contributed by atoms with Crippen molar-refractivity contribution in [3.8, 4) is 0 Å². The summed E-state index contributed by atoms with van der Waals surface area (Å²) in [4.78, 5) is 24.7. The molecule has 3 aromatic rings. The highest BCUT2D eigenvalue weighted by Gasteiger charge is 2.74. The Hall–Kier alpha value is -2.62. The van der Waals surface area contributed by atoms with Gasteiger partial charge in [0.2, 0.25) is 5.43 Å². The van der Waals surface area contributed by atoms with Gasteiger partial charge in [-0.05, 0) is 35.3 Å². The van der Waals surface area contributed by atoms with Crippen molar-refractivity contribution >= 4 is 45.1 Å². The maximum absolute atomic E-state index is 14.1. The van der Waals surface area contributed by atoms with E-state index in [4.69, 9.17) is 0 Å². The fourth-order valence-corrected chi connectivity index (χ4v) is 3.13. The van der Waals surface area contributed by atoms with Gasteiger partial charge < -0.3 is 8.83 Å². The standard InChI is InChI=1S/C18H4Cl2F12O4/c19-17(29,30)15(25,26)13(21,22)6-4-35-12-5(11(6)34)1-2-8-10(12)7(33)3-9(36-8)14(23,24)16(27,28)18(20,31)32/h1-4H. The number of fused-ring (bicyclic) bond motifs is 3. The van der Waals surface area contributed by atoms with Crippen molar-refractivity contribution in [3.05, 3.63) is 56.2 Å². The van der Waals surface area contributed by atoms with Gasteiger partial charge in [0.25, 0.3) is 0 Å². The number of hydrogen-bond acceptors (Lipinski definition) is 4. The predicted octanol–water partition coefficient (Wildman–Crippen LogP) is 7.02. The summed E-state index contributed by atoms with van der Waals surface area (Å²) in [6, 6.07) is 0.241. The zero-order valence-corrected chi connectivity index (χ0v) is 17.7. The predicted molar refractivity (Wildman–Crippen MR) is 97.8 cm³/mol. The Morgan fingerprint density at radius 2 is 1.22 bits per heavy atom. The third-order valence-corrected chi connectivity index (χ3v) is 5.25. The zero-order valence-electron chi connectivity index (χ0n) is 16.2. The van der Waals surface area contributed by atoms with Crippen molar-refractivity contribution < 1.29 is 61.5 Å². The van der Waals surface area contributed by atoms with Gasteiger partial charge in [-0.25, -0.2) is 0 Å². The molecule has 0 fully saturated rings. The lowest BCUT2D eigenvalue weighted by molar-refractivity contribution is -0.291. The summed E-state index contributed by atoms with van der Waals surface area (Å²) >= 11 is 8.04. The van der Waals surface area contributed by atoms with Crippen LogP contribution in [0.1, 0.15) is 11.3 Å². The molecule has 18 heteroatoms. The summed E-state index contributed by atoms with van der Waals surface area (Å²) in [5, 5.41) is -13.9. The van der Waals surface area contributed by atoms with E-state index in [-0.39, 0.29) is 0 Å².